The lowest BCUT2D eigenvalue weighted by atomic mass is 10.2. The van der Waals surface area contributed by atoms with Crippen molar-refractivity contribution in [1.82, 2.24) is 10.2 Å². The van der Waals surface area contributed by atoms with Crippen LogP contribution in [0.5, 0.6) is 17.4 Å². The van der Waals surface area contributed by atoms with E-state index in [0.717, 1.165) is 22.4 Å². The predicted octanol–water partition coefficient (Wildman–Crippen LogP) is 5.52. The van der Waals surface area contributed by atoms with Crippen LogP contribution in [-0.2, 0) is 19.8 Å². The Morgan fingerprint density at radius 2 is 1.29 bits per heavy atom. The Labute approximate surface area is 182 Å². The molecule has 1 aromatic heterocycles. The molecular weight excluding hydrogens is 388 g/mol. The van der Waals surface area contributed by atoms with Crippen LogP contribution in [0.2, 0.25) is 0 Å². The SMILES string of the molecule is Cc1cccc(OCc2cc(OCc3ccccc3)c(OCc3ccccc3)nn2)c1. The quantitative estimate of drug-likeness (QED) is 0.362. The summed E-state index contributed by atoms with van der Waals surface area (Å²) < 4.78 is 17.8. The van der Waals surface area contributed by atoms with Crippen molar-refractivity contribution in [2.45, 2.75) is 26.7 Å². The van der Waals surface area contributed by atoms with Crippen LogP contribution in [0.3, 0.4) is 0 Å². The summed E-state index contributed by atoms with van der Waals surface area (Å²) in [5.74, 6) is 1.69. The molecule has 31 heavy (non-hydrogen) atoms. The van der Waals surface area contributed by atoms with Gasteiger partial charge in [0.15, 0.2) is 5.75 Å². The molecule has 0 bridgehead atoms. The van der Waals surface area contributed by atoms with Gasteiger partial charge in [-0.15, -0.1) is 10.2 Å². The summed E-state index contributed by atoms with van der Waals surface area (Å²) in [5.41, 5.74) is 3.91. The standard InChI is InChI=1S/C26H24N2O3/c1-20-9-8-14-24(15-20)29-19-23-16-25(30-17-21-10-4-2-5-11-21)26(28-27-23)31-18-22-12-6-3-7-13-22/h2-16H,17-19H2,1H3. The van der Waals surface area contributed by atoms with Crippen molar-refractivity contribution >= 4 is 0 Å². The predicted molar refractivity (Wildman–Crippen MR) is 119 cm³/mol. The van der Waals surface area contributed by atoms with Gasteiger partial charge in [-0.05, 0) is 35.7 Å². The number of ether oxygens (including phenoxy) is 3. The van der Waals surface area contributed by atoms with Gasteiger partial charge in [0, 0.05) is 6.07 Å². The Morgan fingerprint density at radius 3 is 1.97 bits per heavy atom. The highest BCUT2D eigenvalue weighted by Crippen LogP contribution is 2.27. The van der Waals surface area contributed by atoms with E-state index in [1.165, 1.54) is 0 Å². The first-order valence-electron chi connectivity index (χ1n) is 10.2. The van der Waals surface area contributed by atoms with Crippen LogP contribution in [-0.4, -0.2) is 10.2 Å². The van der Waals surface area contributed by atoms with Crippen LogP contribution in [0.1, 0.15) is 22.4 Å². The minimum Gasteiger partial charge on any atom is -0.487 e. The highest BCUT2D eigenvalue weighted by molar-refractivity contribution is 5.35. The topological polar surface area (TPSA) is 53.5 Å². The number of nitrogens with zero attached hydrogens (tertiary/aromatic N) is 2. The van der Waals surface area contributed by atoms with E-state index in [1.54, 1.807) is 0 Å². The van der Waals surface area contributed by atoms with Crippen LogP contribution >= 0.6 is 0 Å². The lowest BCUT2D eigenvalue weighted by Gasteiger charge is -2.13. The molecule has 0 fully saturated rings. The second-order valence-electron chi connectivity index (χ2n) is 7.16. The molecule has 1 heterocycles. The zero-order chi connectivity index (χ0) is 21.3. The van der Waals surface area contributed by atoms with Gasteiger partial charge < -0.3 is 14.2 Å². The van der Waals surface area contributed by atoms with E-state index in [2.05, 4.69) is 10.2 Å². The first-order valence-corrected chi connectivity index (χ1v) is 10.2. The minimum atomic E-state index is 0.289. The molecule has 0 radical (unpaired) electrons. The fourth-order valence-corrected chi connectivity index (χ4v) is 3.00. The second kappa shape index (κ2) is 10.3. The van der Waals surface area contributed by atoms with Crippen LogP contribution in [0.15, 0.2) is 91.0 Å². The maximum absolute atomic E-state index is 6.04. The molecule has 5 nitrogen and oxygen atoms in total. The van der Waals surface area contributed by atoms with Gasteiger partial charge in [0.1, 0.15) is 31.3 Å². The minimum absolute atomic E-state index is 0.289. The third-order valence-corrected chi connectivity index (χ3v) is 4.61. The third kappa shape index (κ3) is 6.06. The molecule has 0 aliphatic carbocycles. The normalized spacial score (nSPS) is 10.5. The molecule has 156 valence electrons. The van der Waals surface area contributed by atoms with Crippen molar-refractivity contribution < 1.29 is 14.2 Å². The van der Waals surface area contributed by atoms with Gasteiger partial charge in [0.25, 0.3) is 5.88 Å². The summed E-state index contributed by atoms with van der Waals surface area (Å²) in [6.45, 7) is 3.11. The maximum atomic E-state index is 6.04. The Balaban J connectivity index is 1.48. The molecule has 0 aliphatic heterocycles. The average molecular weight is 412 g/mol. The monoisotopic (exact) mass is 412 g/mol. The average Bonchev–Trinajstić information content (AvgIpc) is 2.82. The summed E-state index contributed by atoms with van der Waals surface area (Å²) in [6, 6.07) is 29.6. The maximum Gasteiger partial charge on any atom is 0.276 e. The van der Waals surface area contributed by atoms with Gasteiger partial charge in [-0.1, -0.05) is 72.8 Å². The van der Waals surface area contributed by atoms with Gasteiger partial charge >= 0.3 is 0 Å². The van der Waals surface area contributed by atoms with Crippen LogP contribution in [0.4, 0.5) is 0 Å². The molecule has 0 spiro atoms. The summed E-state index contributed by atoms with van der Waals surface area (Å²) in [7, 11) is 0. The van der Waals surface area contributed by atoms with Gasteiger partial charge in [0.05, 0.1) is 0 Å². The molecule has 0 N–H and O–H groups in total. The molecule has 3 aromatic carbocycles. The van der Waals surface area contributed by atoms with Crippen molar-refractivity contribution in [3.05, 3.63) is 113 Å². The lowest BCUT2D eigenvalue weighted by Crippen LogP contribution is -2.06. The van der Waals surface area contributed by atoms with Crippen molar-refractivity contribution in [2.75, 3.05) is 0 Å². The van der Waals surface area contributed by atoms with Gasteiger partial charge in [-0.25, -0.2) is 0 Å². The molecule has 0 unspecified atom stereocenters. The van der Waals surface area contributed by atoms with Crippen LogP contribution < -0.4 is 14.2 Å². The highest BCUT2D eigenvalue weighted by atomic mass is 16.5. The molecule has 5 heteroatoms. The van der Waals surface area contributed by atoms with E-state index >= 15 is 0 Å². The molecule has 4 rings (SSSR count). The Kier molecular flexibility index (Phi) is 6.75. The summed E-state index contributed by atoms with van der Waals surface area (Å²) in [6.07, 6.45) is 0. The number of hydrogen-bond acceptors (Lipinski definition) is 5. The van der Waals surface area contributed by atoms with E-state index in [1.807, 2.05) is 97.9 Å². The molecule has 0 saturated heterocycles. The zero-order valence-corrected chi connectivity index (χ0v) is 17.4. The Bertz CT molecular complexity index is 1100. The number of aromatic nitrogens is 2. The largest absolute Gasteiger partial charge is 0.487 e. The van der Waals surface area contributed by atoms with E-state index in [0.29, 0.717) is 30.5 Å². The second-order valence-corrected chi connectivity index (χ2v) is 7.16. The molecule has 0 amide bonds. The molecular formula is C26H24N2O3. The lowest BCUT2D eigenvalue weighted by molar-refractivity contribution is 0.240. The number of benzene rings is 3. The van der Waals surface area contributed by atoms with Crippen LogP contribution in [0.25, 0.3) is 0 Å². The summed E-state index contributed by atoms with van der Waals surface area (Å²) >= 11 is 0. The number of rotatable bonds is 9. The van der Waals surface area contributed by atoms with E-state index in [-0.39, 0.29) is 6.61 Å². The third-order valence-electron chi connectivity index (χ3n) is 4.61. The number of aryl methyl sites for hydroxylation is 1. The van der Waals surface area contributed by atoms with E-state index in [4.69, 9.17) is 14.2 Å². The smallest absolute Gasteiger partial charge is 0.276 e. The highest BCUT2D eigenvalue weighted by Gasteiger charge is 2.12. The van der Waals surface area contributed by atoms with Crippen LogP contribution in [0, 0.1) is 6.92 Å². The Morgan fingerprint density at radius 1 is 0.613 bits per heavy atom. The van der Waals surface area contributed by atoms with Crippen molar-refractivity contribution in [3.63, 3.8) is 0 Å². The first kappa shape index (κ1) is 20.4. The number of hydrogen-bond donors (Lipinski definition) is 0. The Hall–Kier alpha value is -3.86. The fourth-order valence-electron chi connectivity index (χ4n) is 3.00. The van der Waals surface area contributed by atoms with E-state index in [9.17, 15) is 0 Å². The first-order chi connectivity index (χ1) is 15.3. The summed E-state index contributed by atoms with van der Waals surface area (Å²) in [5, 5.41) is 8.52. The fraction of sp³-hybridized carbons (Fsp3) is 0.154. The van der Waals surface area contributed by atoms with Crippen molar-refractivity contribution in [3.8, 4) is 17.4 Å². The molecule has 0 aliphatic rings. The van der Waals surface area contributed by atoms with Gasteiger partial charge in [0.2, 0.25) is 0 Å². The van der Waals surface area contributed by atoms with Gasteiger partial charge in [-0.3, -0.25) is 0 Å². The zero-order valence-electron chi connectivity index (χ0n) is 17.4. The molecule has 0 atom stereocenters. The van der Waals surface area contributed by atoms with Crippen molar-refractivity contribution in [2.24, 2.45) is 0 Å². The molecule has 0 saturated carbocycles. The van der Waals surface area contributed by atoms with Crippen molar-refractivity contribution in [1.29, 1.82) is 0 Å². The summed E-state index contributed by atoms with van der Waals surface area (Å²) in [4.78, 5) is 0. The van der Waals surface area contributed by atoms with Gasteiger partial charge in [-0.2, -0.15) is 0 Å². The van der Waals surface area contributed by atoms with E-state index < -0.39 is 0 Å². The molecule has 4 aromatic rings.